The summed E-state index contributed by atoms with van der Waals surface area (Å²) in [5, 5.41) is 8.65. The van der Waals surface area contributed by atoms with Crippen LogP contribution in [-0.2, 0) is 23.9 Å². The molecule has 0 unspecified atom stereocenters. The lowest BCUT2D eigenvalue weighted by atomic mass is 10.0. The molecule has 0 aliphatic heterocycles. The molecule has 0 heterocycles. The molecule has 0 saturated carbocycles. The lowest BCUT2D eigenvalue weighted by Gasteiger charge is -2.14. The summed E-state index contributed by atoms with van der Waals surface area (Å²) in [6, 6.07) is 0. The van der Waals surface area contributed by atoms with Crippen LogP contribution in [0.3, 0.4) is 0 Å². The van der Waals surface area contributed by atoms with Crippen LogP contribution in [0, 0.1) is 5.92 Å². The van der Waals surface area contributed by atoms with Gasteiger partial charge in [0.15, 0.2) is 5.92 Å². The van der Waals surface area contributed by atoms with Crippen LogP contribution in [0.15, 0.2) is 0 Å². The lowest BCUT2D eigenvalue weighted by molar-refractivity contribution is -0.162. The molecule has 0 spiro atoms. The van der Waals surface area contributed by atoms with Crippen molar-refractivity contribution in [3.05, 3.63) is 0 Å². The molecule has 0 aromatic heterocycles. The zero-order chi connectivity index (χ0) is 15.4. The fourth-order valence-electron chi connectivity index (χ4n) is 1.44. The van der Waals surface area contributed by atoms with Gasteiger partial charge in [-0.2, -0.15) is 0 Å². The van der Waals surface area contributed by atoms with Gasteiger partial charge in [-0.25, -0.2) is 0 Å². The maximum Gasteiger partial charge on any atom is 0.320 e. The standard InChI is InChI=1S/C14H24O6/c1-3-5-9-19-13(17)11(7-8-12(15)16)14(18)20-10-6-4-2/h11H,3-10H2,1-2H3,(H,15,16). The van der Waals surface area contributed by atoms with Crippen LogP contribution in [0.25, 0.3) is 0 Å². The number of aliphatic carboxylic acids is 1. The van der Waals surface area contributed by atoms with Gasteiger partial charge in [0.1, 0.15) is 0 Å². The molecular weight excluding hydrogens is 264 g/mol. The van der Waals surface area contributed by atoms with E-state index in [4.69, 9.17) is 14.6 Å². The van der Waals surface area contributed by atoms with E-state index in [0.717, 1.165) is 12.8 Å². The highest BCUT2D eigenvalue weighted by Gasteiger charge is 2.30. The van der Waals surface area contributed by atoms with Gasteiger partial charge in [0, 0.05) is 6.42 Å². The predicted octanol–water partition coefficient (Wildman–Crippen LogP) is 2.15. The van der Waals surface area contributed by atoms with Crippen molar-refractivity contribution in [3.63, 3.8) is 0 Å². The van der Waals surface area contributed by atoms with Crippen molar-refractivity contribution >= 4 is 17.9 Å². The maximum absolute atomic E-state index is 11.8. The minimum absolute atomic E-state index is 0.0920. The Balaban J connectivity index is 4.40. The number of rotatable bonds is 11. The summed E-state index contributed by atoms with van der Waals surface area (Å²) >= 11 is 0. The van der Waals surface area contributed by atoms with Gasteiger partial charge < -0.3 is 14.6 Å². The molecule has 0 aromatic carbocycles. The number of unbranched alkanes of at least 4 members (excludes halogenated alkanes) is 2. The SMILES string of the molecule is CCCCOC(=O)C(CCC(=O)O)C(=O)OCCCC. The second kappa shape index (κ2) is 11.3. The molecule has 6 nitrogen and oxygen atoms in total. The number of hydrogen-bond acceptors (Lipinski definition) is 5. The minimum atomic E-state index is -1.14. The van der Waals surface area contributed by atoms with E-state index >= 15 is 0 Å². The Morgan fingerprint density at radius 2 is 1.40 bits per heavy atom. The summed E-state index contributed by atoms with van der Waals surface area (Å²) < 4.78 is 9.94. The highest BCUT2D eigenvalue weighted by atomic mass is 16.6. The van der Waals surface area contributed by atoms with Gasteiger partial charge in [-0.15, -0.1) is 0 Å². The summed E-state index contributed by atoms with van der Waals surface area (Å²) in [7, 11) is 0. The zero-order valence-electron chi connectivity index (χ0n) is 12.2. The second-order valence-corrected chi connectivity index (χ2v) is 4.53. The first-order chi connectivity index (χ1) is 9.52. The number of hydrogen-bond donors (Lipinski definition) is 1. The summed E-state index contributed by atoms with van der Waals surface area (Å²) in [6.07, 6.45) is 2.80. The molecule has 0 fully saturated rings. The average molecular weight is 288 g/mol. The lowest BCUT2D eigenvalue weighted by Crippen LogP contribution is -2.29. The highest BCUT2D eigenvalue weighted by molar-refractivity contribution is 5.95. The molecule has 0 aromatic rings. The van der Waals surface area contributed by atoms with Crippen LogP contribution in [0.4, 0.5) is 0 Å². The van der Waals surface area contributed by atoms with Gasteiger partial charge >= 0.3 is 17.9 Å². The van der Waals surface area contributed by atoms with Gasteiger partial charge in [0.2, 0.25) is 0 Å². The monoisotopic (exact) mass is 288 g/mol. The first-order valence-corrected chi connectivity index (χ1v) is 7.07. The van der Waals surface area contributed by atoms with Crippen molar-refractivity contribution in [1.82, 2.24) is 0 Å². The molecule has 0 amide bonds. The van der Waals surface area contributed by atoms with Gasteiger partial charge in [0.05, 0.1) is 13.2 Å². The number of carboxylic acids is 1. The third kappa shape index (κ3) is 8.50. The van der Waals surface area contributed by atoms with Crippen molar-refractivity contribution in [2.45, 2.75) is 52.4 Å². The first kappa shape index (κ1) is 18.4. The summed E-state index contributed by atoms with van der Waals surface area (Å²) in [4.78, 5) is 34.1. The van der Waals surface area contributed by atoms with Gasteiger partial charge in [0.25, 0.3) is 0 Å². The van der Waals surface area contributed by atoms with Crippen LogP contribution < -0.4 is 0 Å². The van der Waals surface area contributed by atoms with E-state index in [2.05, 4.69) is 0 Å². The van der Waals surface area contributed by atoms with E-state index in [9.17, 15) is 14.4 Å². The Morgan fingerprint density at radius 3 is 1.75 bits per heavy atom. The van der Waals surface area contributed by atoms with Crippen LogP contribution in [0.1, 0.15) is 52.4 Å². The Morgan fingerprint density at radius 1 is 0.950 bits per heavy atom. The molecule has 1 N–H and O–H groups in total. The molecule has 0 saturated heterocycles. The van der Waals surface area contributed by atoms with E-state index in [-0.39, 0.29) is 26.1 Å². The summed E-state index contributed by atoms with van der Waals surface area (Å²) in [5.41, 5.74) is 0. The number of carbonyl (C=O) groups is 3. The van der Waals surface area contributed by atoms with Crippen molar-refractivity contribution in [3.8, 4) is 0 Å². The van der Waals surface area contributed by atoms with Crippen LogP contribution in [0.5, 0.6) is 0 Å². The van der Waals surface area contributed by atoms with E-state index in [1.807, 2.05) is 13.8 Å². The van der Waals surface area contributed by atoms with Crippen LogP contribution in [-0.4, -0.2) is 36.2 Å². The molecule has 0 bridgehead atoms. The van der Waals surface area contributed by atoms with E-state index in [1.165, 1.54) is 0 Å². The summed E-state index contributed by atoms with van der Waals surface area (Å²) in [6.45, 7) is 4.38. The average Bonchev–Trinajstić information content (AvgIpc) is 2.39. The Hall–Kier alpha value is -1.59. The Kier molecular flexibility index (Phi) is 10.4. The number of esters is 2. The van der Waals surface area contributed by atoms with E-state index in [0.29, 0.717) is 12.8 Å². The number of carbonyl (C=O) groups excluding carboxylic acids is 2. The molecule has 0 aliphatic rings. The largest absolute Gasteiger partial charge is 0.481 e. The molecule has 20 heavy (non-hydrogen) atoms. The number of carboxylic acid groups (broad SMARTS) is 1. The highest BCUT2D eigenvalue weighted by Crippen LogP contribution is 2.12. The van der Waals surface area contributed by atoms with E-state index in [1.54, 1.807) is 0 Å². The molecule has 0 rings (SSSR count). The third-order valence-corrected chi connectivity index (χ3v) is 2.70. The molecule has 0 atom stereocenters. The molecule has 116 valence electrons. The van der Waals surface area contributed by atoms with Gasteiger partial charge in [-0.3, -0.25) is 14.4 Å². The van der Waals surface area contributed by atoms with Crippen molar-refractivity contribution in [2.24, 2.45) is 5.92 Å². The molecular formula is C14H24O6. The third-order valence-electron chi connectivity index (χ3n) is 2.70. The van der Waals surface area contributed by atoms with Crippen molar-refractivity contribution in [1.29, 1.82) is 0 Å². The fraction of sp³-hybridized carbons (Fsp3) is 0.786. The fourth-order valence-corrected chi connectivity index (χ4v) is 1.44. The maximum atomic E-state index is 11.8. The molecule has 0 radical (unpaired) electrons. The van der Waals surface area contributed by atoms with Crippen LogP contribution in [0.2, 0.25) is 0 Å². The minimum Gasteiger partial charge on any atom is -0.481 e. The van der Waals surface area contributed by atoms with E-state index < -0.39 is 23.8 Å². The summed E-state index contributed by atoms with van der Waals surface area (Å²) in [5.74, 6) is -3.58. The smallest absolute Gasteiger partial charge is 0.320 e. The Labute approximate surface area is 119 Å². The number of ether oxygens (including phenoxy) is 2. The quantitative estimate of drug-likeness (QED) is 0.356. The van der Waals surface area contributed by atoms with Gasteiger partial charge in [-0.1, -0.05) is 26.7 Å². The molecule has 0 aliphatic carbocycles. The zero-order valence-corrected chi connectivity index (χ0v) is 12.2. The Bertz CT molecular complexity index is 291. The van der Waals surface area contributed by atoms with Crippen LogP contribution >= 0.6 is 0 Å². The first-order valence-electron chi connectivity index (χ1n) is 7.07. The van der Waals surface area contributed by atoms with Crippen molar-refractivity contribution in [2.75, 3.05) is 13.2 Å². The topological polar surface area (TPSA) is 89.9 Å². The second-order valence-electron chi connectivity index (χ2n) is 4.53. The normalized spacial score (nSPS) is 10.3. The molecule has 6 heteroatoms. The van der Waals surface area contributed by atoms with Gasteiger partial charge in [-0.05, 0) is 19.3 Å². The predicted molar refractivity (Wildman–Crippen MR) is 72.1 cm³/mol. The van der Waals surface area contributed by atoms with Crippen molar-refractivity contribution < 1.29 is 29.0 Å².